The Kier molecular flexibility index (Phi) is 7.06. The molecule has 0 N–H and O–H groups in total. The molecule has 0 amide bonds. The molecule has 0 spiro atoms. The van der Waals surface area contributed by atoms with Crippen molar-refractivity contribution in [1.82, 2.24) is 0 Å². The second-order valence-electron chi connectivity index (χ2n) is 14.2. The first-order valence-corrected chi connectivity index (χ1v) is 18.7. The van der Waals surface area contributed by atoms with Gasteiger partial charge in [0.15, 0.2) is 0 Å². The highest BCUT2D eigenvalue weighted by atomic mass is 32.1. The SMILES string of the molecule is CC1(C)c2cc(N(c3ccccc3)c3ccccc3)ccc2-c2cc3sc4ccc(N(c5ccccc5)c5ccc6ccccc6c5)cc4c3cc21. The molecule has 248 valence electrons. The fraction of sp³-hybridized carbons (Fsp3) is 0.0612. The van der Waals surface area contributed by atoms with Crippen molar-refractivity contribution < 1.29 is 0 Å². The first-order chi connectivity index (χ1) is 25.5. The minimum absolute atomic E-state index is 0.166. The van der Waals surface area contributed by atoms with Crippen molar-refractivity contribution in [2.45, 2.75) is 19.3 Å². The Hall–Kier alpha value is -6.16. The zero-order valence-electron chi connectivity index (χ0n) is 29.1. The van der Waals surface area contributed by atoms with Crippen molar-refractivity contribution in [3.8, 4) is 11.1 Å². The van der Waals surface area contributed by atoms with E-state index in [2.05, 4.69) is 206 Å². The maximum Gasteiger partial charge on any atom is 0.0468 e. The molecule has 52 heavy (non-hydrogen) atoms. The summed E-state index contributed by atoms with van der Waals surface area (Å²) in [5.74, 6) is 0. The highest BCUT2D eigenvalue weighted by Crippen LogP contribution is 2.53. The lowest BCUT2D eigenvalue weighted by atomic mass is 9.82. The van der Waals surface area contributed by atoms with E-state index in [0.29, 0.717) is 0 Å². The smallest absolute Gasteiger partial charge is 0.0468 e. The summed E-state index contributed by atoms with van der Waals surface area (Å²) in [5.41, 5.74) is 12.2. The molecule has 0 unspecified atom stereocenters. The Labute approximate surface area is 308 Å². The molecular weight excluding hydrogens is 649 g/mol. The fourth-order valence-corrected chi connectivity index (χ4v) is 9.31. The molecule has 0 bridgehead atoms. The molecular formula is C49H36N2S. The highest BCUT2D eigenvalue weighted by molar-refractivity contribution is 7.25. The van der Waals surface area contributed by atoms with Gasteiger partial charge in [-0.2, -0.15) is 0 Å². The molecule has 8 aromatic carbocycles. The third-order valence-electron chi connectivity index (χ3n) is 10.8. The van der Waals surface area contributed by atoms with Crippen LogP contribution in [0.5, 0.6) is 0 Å². The average Bonchev–Trinajstić information content (AvgIpc) is 3.66. The number of nitrogens with zero attached hydrogens (tertiary/aromatic N) is 2. The highest BCUT2D eigenvalue weighted by Gasteiger charge is 2.37. The van der Waals surface area contributed by atoms with E-state index in [4.69, 9.17) is 0 Å². The standard InChI is InChI=1S/C49H36N2S/c1-49(2)45-30-40(50(35-16-6-3-7-17-35)36-18-8-4-9-19-36)24-26-41(45)42-32-48-44(31-46(42)49)43-29-39(25-27-47(43)52-48)51(37-20-10-5-11-21-37)38-23-22-33-14-12-13-15-34(33)28-38/h3-32H,1-2H3. The molecule has 1 aliphatic carbocycles. The summed E-state index contributed by atoms with van der Waals surface area (Å²) in [7, 11) is 0. The lowest BCUT2D eigenvalue weighted by molar-refractivity contribution is 0.661. The predicted octanol–water partition coefficient (Wildman–Crippen LogP) is 14.5. The van der Waals surface area contributed by atoms with Gasteiger partial charge in [0.25, 0.3) is 0 Å². The second kappa shape index (κ2) is 12.0. The molecule has 1 heterocycles. The number of anilines is 6. The Morgan fingerprint density at radius 2 is 0.865 bits per heavy atom. The van der Waals surface area contributed by atoms with Crippen molar-refractivity contribution >= 4 is 76.4 Å². The average molecular weight is 685 g/mol. The van der Waals surface area contributed by atoms with Gasteiger partial charge in [-0.1, -0.05) is 105 Å². The normalized spacial score (nSPS) is 13.0. The lowest BCUT2D eigenvalue weighted by Gasteiger charge is -2.28. The zero-order valence-corrected chi connectivity index (χ0v) is 29.9. The van der Waals surface area contributed by atoms with Crippen molar-refractivity contribution in [2.75, 3.05) is 9.80 Å². The molecule has 0 atom stereocenters. The maximum atomic E-state index is 2.49. The molecule has 3 heteroatoms. The van der Waals surface area contributed by atoms with Crippen LogP contribution >= 0.6 is 11.3 Å². The van der Waals surface area contributed by atoms with E-state index >= 15 is 0 Å². The van der Waals surface area contributed by atoms with Gasteiger partial charge in [0.2, 0.25) is 0 Å². The number of hydrogen-bond donors (Lipinski definition) is 0. The van der Waals surface area contributed by atoms with Crippen LogP contribution in [0.15, 0.2) is 182 Å². The van der Waals surface area contributed by atoms with Crippen LogP contribution in [0.1, 0.15) is 25.0 Å². The van der Waals surface area contributed by atoms with Crippen molar-refractivity contribution in [2.24, 2.45) is 0 Å². The summed E-state index contributed by atoms with van der Waals surface area (Å²) in [5, 5.41) is 5.10. The molecule has 0 saturated carbocycles. The summed E-state index contributed by atoms with van der Waals surface area (Å²) in [6, 6.07) is 66.4. The summed E-state index contributed by atoms with van der Waals surface area (Å²) in [6.07, 6.45) is 0. The Balaban J connectivity index is 1.10. The Morgan fingerprint density at radius 1 is 0.365 bits per heavy atom. The second-order valence-corrected chi connectivity index (χ2v) is 15.3. The summed E-state index contributed by atoms with van der Waals surface area (Å²) in [6.45, 7) is 4.78. The van der Waals surface area contributed by atoms with Crippen molar-refractivity contribution in [3.63, 3.8) is 0 Å². The van der Waals surface area contributed by atoms with Gasteiger partial charge in [-0.15, -0.1) is 11.3 Å². The summed E-state index contributed by atoms with van der Waals surface area (Å²) >= 11 is 1.89. The minimum atomic E-state index is -0.166. The van der Waals surface area contributed by atoms with Gasteiger partial charge < -0.3 is 9.80 Å². The quantitative estimate of drug-likeness (QED) is 0.172. The van der Waals surface area contributed by atoms with E-state index in [9.17, 15) is 0 Å². The maximum absolute atomic E-state index is 2.49. The molecule has 1 aromatic heterocycles. The van der Waals surface area contributed by atoms with E-state index in [0.717, 1.165) is 28.4 Å². The Morgan fingerprint density at radius 3 is 1.54 bits per heavy atom. The monoisotopic (exact) mass is 684 g/mol. The van der Waals surface area contributed by atoms with Crippen LogP contribution in [0.4, 0.5) is 34.1 Å². The molecule has 1 aliphatic rings. The summed E-state index contributed by atoms with van der Waals surface area (Å²) < 4.78 is 2.63. The van der Waals surface area contributed by atoms with E-state index in [1.165, 1.54) is 58.9 Å². The topological polar surface area (TPSA) is 6.48 Å². The summed E-state index contributed by atoms with van der Waals surface area (Å²) in [4.78, 5) is 4.75. The number of rotatable bonds is 6. The van der Waals surface area contributed by atoms with Crippen LogP contribution in [0.25, 0.3) is 42.1 Å². The van der Waals surface area contributed by atoms with Gasteiger partial charge in [-0.25, -0.2) is 0 Å². The van der Waals surface area contributed by atoms with Crippen LogP contribution in [0.3, 0.4) is 0 Å². The number of benzene rings is 8. The number of fused-ring (bicyclic) bond motifs is 7. The molecule has 0 aliphatic heterocycles. The predicted molar refractivity (Wildman–Crippen MR) is 224 cm³/mol. The van der Waals surface area contributed by atoms with E-state index in [-0.39, 0.29) is 5.41 Å². The van der Waals surface area contributed by atoms with E-state index < -0.39 is 0 Å². The van der Waals surface area contributed by atoms with E-state index in [1.54, 1.807) is 0 Å². The molecule has 0 fully saturated rings. The first-order valence-electron chi connectivity index (χ1n) is 17.9. The molecule has 10 rings (SSSR count). The lowest BCUT2D eigenvalue weighted by Crippen LogP contribution is -2.16. The fourth-order valence-electron chi connectivity index (χ4n) is 8.20. The van der Waals surface area contributed by atoms with E-state index in [1.807, 2.05) is 11.3 Å². The number of para-hydroxylation sites is 3. The van der Waals surface area contributed by atoms with Crippen LogP contribution in [0, 0.1) is 0 Å². The van der Waals surface area contributed by atoms with Crippen LogP contribution in [-0.4, -0.2) is 0 Å². The van der Waals surface area contributed by atoms with Crippen molar-refractivity contribution in [3.05, 3.63) is 193 Å². The van der Waals surface area contributed by atoms with Gasteiger partial charge in [0.05, 0.1) is 0 Å². The van der Waals surface area contributed by atoms with Crippen LogP contribution in [0.2, 0.25) is 0 Å². The van der Waals surface area contributed by atoms with Gasteiger partial charge >= 0.3 is 0 Å². The van der Waals surface area contributed by atoms with Crippen LogP contribution in [-0.2, 0) is 5.41 Å². The number of hydrogen-bond acceptors (Lipinski definition) is 3. The van der Waals surface area contributed by atoms with Crippen molar-refractivity contribution in [1.29, 1.82) is 0 Å². The van der Waals surface area contributed by atoms with Gasteiger partial charge in [0.1, 0.15) is 0 Å². The Bertz CT molecular complexity index is 2730. The largest absolute Gasteiger partial charge is 0.310 e. The number of thiophene rings is 1. The molecule has 9 aromatic rings. The molecule has 0 saturated heterocycles. The van der Waals surface area contributed by atoms with Crippen LogP contribution < -0.4 is 9.80 Å². The van der Waals surface area contributed by atoms with Gasteiger partial charge in [-0.05, 0) is 124 Å². The molecule has 2 nitrogen and oxygen atoms in total. The minimum Gasteiger partial charge on any atom is -0.310 e. The first kappa shape index (κ1) is 30.6. The zero-order chi connectivity index (χ0) is 34.8. The molecule has 0 radical (unpaired) electrons. The van der Waals surface area contributed by atoms with Gasteiger partial charge in [0, 0.05) is 59.7 Å². The van der Waals surface area contributed by atoms with Gasteiger partial charge in [-0.3, -0.25) is 0 Å². The third kappa shape index (κ3) is 4.92. The third-order valence-corrected chi connectivity index (χ3v) is 11.9.